The Balaban J connectivity index is 2.32. The number of rotatable bonds is 39. The third-order valence-electron chi connectivity index (χ3n) is 11.4. The van der Waals surface area contributed by atoms with Crippen LogP contribution in [0.15, 0.2) is 12.2 Å². The van der Waals surface area contributed by atoms with Crippen LogP contribution in [0.4, 0.5) is 0 Å². The number of hydrogen-bond donors (Lipinski definition) is 6. The van der Waals surface area contributed by atoms with Gasteiger partial charge in [0.1, 0.15) is 24.4 Å². The van der Waals surface area contributed by atoms with Crippen molar-refractivity contribution in [3.63, 3.8) is 0 Å². The van der Waals surface area contributed by atoms with E-state index in [-0.39, 0.29) is 12.5 Å². The average Bonchev–Trinajstić information content (AvgIpc) is 3.18. The van der Waals surface area contributed by atoms with Gasteiger partial charge in [-0.1, -0.05) is 206 Å². The second kappa shape index (κ2) is 37.2. The molecule has 326 valence electrons. The number of ether oxygens (including phenoxy) is 2. The molecule has 0 bridgehead atoms. The van der Waals surface area contributed by atoms with Gasteiger partial charge in [0, 0.05) is 6.42 Å². The maximum atomic E-state index is 12.9. The molecule has 1 saturated heterocycles. The summed E-state index contributed by atoms with van der Waals surface area (Å²) in [6, 6.07) is -0.797. The number of nitrogens with one attached hydrogen (secondary N) is 1. The van der Waals surface area contributed by atoms with E-state index in [4.69, 9.17) is 9.47 Å². The van der Waals surface area contributed by atoms with E-state index in [0.29, 0.717) is 6.42 Å². The first kappa shape index (κ1) is 51.9. The van der Waals surface area contributed by atoms with Gasteiger partial charge >= 0.3 is 0 Å². The molecule has 6 N–H and O–H groups in total. The summed E-state index contributed by atoms with van der Waals surface area (Å²) >= 11 is 0. The zero-order valence-electron chi connectivity index (χ0n) is 35.7. The molecule has 1 amide bonds. The van der Waals surface area contributed by atoms with E-state index in [0.717, 1.165) is 38.5 Å². The van der Waals surface area contributed by atoms with Gasteiger partial charge in [-0.2, -0.15) is 0 Å². The van der Waals surface area contributed by atoms with Crippen molar-refractivity contribution in [2.24, 2.45) is 0 Å². The summed E-state index contributed by atoms with van der Waals surface area (Å²) in [4.78, 5) is 12.9. The van der Waals surface area contributed by atoms with Crippen LogP contribution in [0.3, 0.4) is 0 Å². The number of carbonyl (C=O) groups excluding carboxylic acids is 1. The van der Waals surface area contributed by atoms with Crippen molar-refractivity contribution in [1.29, 1.82) is 0 Å². The molecular weight excluding hydrogens is 695 g/mol. The standard InChI is InChI=1S/C46H89NO8/c1-3-5-7-9-11-13-15-17-18-19-20-21-22-23-24-25-27-29-31-33-35-40(49)39(38-54-46-45(53)44(52)43(51)41(37-48)55-46)47-42(50)36-34-32-30-28-26-16-14-12-10-8-6-4-2/h33,35,39-41,43-46,48-49,51-53H,3-32,34,36-38H2,1-2H3,(H,47,50)/b35-33+. The molecule has 1 fully saturated rings. The van der Waals surface area contributed by atoms with Crippen LogP contribution in [0, 0.1) is 0 Å². The van der Waals surface area contributed by atoms with Crippen LogP contribution < -0.4 is 5.32 Å². The smallest absolute Gasteiger partial charge is 0.220 e. The lowest BCUT2D eigenvalue weighted by atomic mass is 9.99. The Kier molecular flexibility index (Phi) is 35.2. The Bertz CT molecular complexity index is 873. The largest absolute Gasteiger partial charge is 0.394 e. The number of amides is 1. The molecule has 1 aliphatic rings. The minimum atomic E-state index is -1.56. The molecule has 9 nitrogen and oxygen atoms in total. The minimum absolute atomic E-state index is 0.176. The highest BCUT2D eigenvalue weighted by Crippen LogP contribution is 2.23. The second-order valence-electron chi connectivity index (χ2n) is 16.6. The highest BCUT2D eigenvalue weighted by Gasteiger charge is 2.44. The van der Waals surface area contributed by atoms with Gasteiger partial charge in [-0.05, 0) is 19.3 Å². The molecule has 0 saturated carbocycles. The Morgan fingerprint density at radius 1 is 0.600 bits per heavy atom. The molecule has 9 heteroatoms. The number of allylic oxidation sites excluding steroid dienone is 1. The molecule has 1 heterocycles. The fourth-order valence-corrected chi connectivity index (χ4v) is 7.57. The van der Waals surface area contributed by atoms with Crippen LogP contribution in [0.1, 0.15) is 219 Å². The molecule has 0 spiro atoms. The van der Waals surface area contributed by atoms with Crippen molar-refractivity contribution in [1.82, 2.24) is 5.32 Å². The van der Waals surface area contributed by atoms with E-state index >= 15 is 0 Å². The molecule has 0 aliphatic carbocycles. The van der Waals surface area contributed by atoms with Crippen molar-refractivity contribution in [3.8, 4) is 0 Å². The lowest BCUT2D eigenvalue weighted by Gasteiger charge is -2.40. The number of unbranched alkanes of at least 4 members (excludes halogenated alkanes) is 29. The van der Waals surface area contributed by atoms with E-state index in [2.05, 4.69) is 19.2 Å². The number of aliphatic hydroxyl groups is 5. The predicted octanol–water partition coefficient (Wildman–Crippen LogP) is 9.73. The van der Waals surface area contributed by atoms with Crippen LogP contribution in [0.25, 0.3) is 0 Å². The van der Waals surface area contributed by atoms with Crippen LogP contribution in [0.5, 0.6) is 0 Å². The first-order chi connectivity index (χ1) is 26.8. The van der Waals surface area contributed by atoms with Crippen molar-refractivity contribution in [2.45, 2.75) is 262 Å². The van der Waals surface area contributed by atoms with Crippen molar-refractivity contribution >= 4 is 5.91 Å². The molecule has 0 aromatic heterocycles. The molecule has 1 rings (SSSR count). The maximum absolute atomic E-state index is 12.9. The van der Waals surface area contributed by atoms with Gasteiger partial charge in [0.25, 0.3) is 0 Å². The molecule has 0 radical (unpaired) electrons. The topological polar surface area (TPSA) is 149 Å². The first-order valence-corrected chi connectivity index (χ1v) is 23.4. The van der Waals surface area contributed by atoms with Crippen molar-refractivity contribution in [3.05, 3.63) is 12.2 Å². The monoisotopic (exact) mass is 784 g/mol. The summed E-state index contributed by atoms with van der Waals surface area (Å²) in [6.45, 7) is 3.78. The van der Waals surface area contributed by atoms with E-state index in [1.54, 1.807) is 6.08 Å². The highest BCUT2D eigenvalue weighted by atomic mass is 16.7. The lowest BCUT2D eigenvalue weighted by Crippen LogP contribution is -2.60. The number of hydrogen-bond acceptors (Lipinski definition) is 8. The van der Waals surface area contributed by atoms with Crippen LogP contribution in [-0.4, -0.2) is 87.5 Å². The normalized spacial score (nSPS) is 21.3. The van der Waals surface area contributed by atoms with Crippen LogP contribution >= 0.6 is 0 Å². The summed E-state index contributed by atoms with van der Waals surface area (Å²) in [7, 11) is 0. The van der Waals surface area contributed by atoms with E-state index < -0.39 is 49.5 Å². The summed E-state index contributed by atoms with van der Waals surface area (Å²) in [5.41, 5.74) is 0. The summed E-state index contributed by atoms with van der Waals surface area (Å²) in [5.74, 6) is -0.176. The van der Waals surface area contributed by atoms with E-state index in [1.807, 2.05) is 6.08 Å². The van der Waals surface area contributed by atoms with Gasteiger partial charge in [0.2, 0.25) is 5.91 Å². The SMILES string of the molecule is CCCCCCCCCCCCCCCCCCCC/C=C/C(O)C(COC1OC(CO)C(O)C(O)C1O)NC(=O)CCCCCCCCCCCCCC. The van der Waals surface area contributed by atoms with Gasteiger partial charge in [0.15, 0.2) is 6.29 Å². The fourth-order valence-electron chi connectivity index (χ4n) is 7.57. The van der Waals surface area contributed by atoms with Crippen LogP contribution in [0.2, 0.25) is 0 Å². The maximum Gasteiger partial charge on any atom is 0.220 e. The quantitative estimate of drug-likeness (QED) is 0.0267. The molecule has 7 unspecified atom stereocenters. The summed E-state index contributed by atoms with van der Waals surface area (Å²) in [5, 5.41) is 54.2. The van der Waals surface area contributed by atoms with Gasteiger partial charge in [0.05, 0.1) is 25.4 Å². The van der Waals surface area contributed by atoms with Gasteiger partial charge < -0.3 is 40.3 Å². The summed E-state index contributed by atoms with van der Waals surface area (Å²) in [6.07, 6.45) is 35.4. The average molecular weight is 784 g/mol. The Morgan fingerprint density at radius 2 is 1.00 bits per heavy atom. The summed E-state index contributed by atoms with van der Waals surface area (Å²) < 4.78 is 11.2. The second-order valence-corrected chi connectivity index (χ2v) is 16.6. The zero-order chi connectivity index (χ0) is 40.2. The highest BCUT2D eigenvalue weighted by molar-refractivity contribution is 5.76. The van der Waals surface area contributed by atoms with Gasteiger partial charge in [-0.3, -0.25) is 4.79 Å². The first-order valence-electron chi connectivity index (χ1n) is 23.4. The van der Waals surface area contributed by atoms with Gasteiger partial charge in [-0.25, -0.2) is 0 Å². The van der Waals surface area contributed by atoms with Crippen molar-refractivity contribution in [2.75, 3.05) is 13.2 Å². The van der Waals surface area contributed by atoms with Gasteiger partial charge in [-0.15, -0.1) is 0 Å². The molecule has 1 aliphatic heterocycles. The molecule has 7 atom stereocenters. The minimum Gasteiger partial charge on any atom is -0.394 e. The molecule has 0 aromatic carbocycles. The number of carbonyl (C=O) groups is 1. The molecular formula is C46H89NO8. The zero-order valence-corrected chi connectivity index (χ0v) is 35.7. The molecule has 0 aromatic rings. The van der Waals surface area contributed by atoms with E-state index in [1.165, 1.54) is 161 Å². The Labute approximate surface area is 337 Å². The Hall–Kier alpha value is -1.07. The molecule has 55 heavy (non-hydrogen) atoms. The number of aliphatic hydroxyl groups excluding tert-OH is 5. The third kappa shape index (κ3) is 28.1. The predicted molar refractivity (Wildman–Crippen MR) is 226 cm³/mol. The van der Waals surface area contributed by atoms with E-state index in [9.17, 15) is 30.3 Å². The lowest BCUT2D eigenvalue weighted by molar-refractivity contribution is -0.302. The fraction of sp³-hybridized carbons (Fsp3) is 0.935. The Morgan fingerprint density at radius 3 is 1.42 bits per heavy atom. The third-order valence-corrected chi connectivity index (χ3v) is 11.4. The van der Waals surface area contributed by atoms with Crippen molar-refractivity contribution < 1.29 is 39.8 Å². The van der Waals surface area contributed by atoms with Crippen LogP contribution in [-0.2, 0) is 14.3 Å².